The van der Waals surface area contributed by atoms with Crippen molar-refractivity contribution in [3.05, 3.63) is 36.0 Å². The van der Waals surface area contributed by atoms with E-state index in [1.165, 1.54) is 15.3 Å². The number of halogens is 2. The molecule has 0 aliphatic heterocycles. The van der Waals surface area contributed by atoms with Gasteiger partial charge in [0.15, 0.2) is 0 Å². The van der Waals surface area contributed by atoms with Crippen molar-refractivity contribution in [1.82, 2.24) is 0 Å². The van der Waals surface area contributed by atoms with Crippen LogP contribution < -0.4 is 0 Å². The first-order valence-electron chi connectivity index (χ1n) is 3.52. The summed E-state index contributed by atoms with van der Waals surface area (Å²) < 4.78 is 25.3. The normalized spacial score (nSPS) is 12.6. The van der Waals surface area contributed by atoms with Gasteiger partial charge in [0.1, 0.15) is 0 Å². The van der Waals surface area contributed by atoms with E-state index >= 15 is 0 Å². The van der Waals surface area contributed by atoms with E-state index < -0.39 is 5.66 Å². The molecule has 0 heterocycles. The van der Waals surface area contributed by atoms with Crippen LogP contribution >= 0.6 is 9.24 Å². The summed E-state index contributed by atoms with van der Waals surface area (Å²) in [6.07, 6.45) is 4.16. The van der Waals surface area contributed by atoms with Gasteiger partial charge < -0.3 is 0 Å². The van der Waals surface area contributed by atoms with Crippen LogP contribution in [0.15, 0.2) is 36.0 Å². The number of hydrogen-bond donors (Lipinski definition) is 0. The Labute approximate surface area is 74.3 Å². The van der Waals surface area contributed by atoms with Crippen LogP contribution in [0, 0.1) is 0 Å². The monoisotopic (exact) mass is 190 g/mol. The van der Waals surface area contributed by atoms with Gasteiger partial charge in [-0.3, -0.25) is 0 Å². The Kier molecular flexibility index (Phi) is 4.33. The van der Waals surface area contributed by atoms with Gasteiger partial charge >= 0.3 is 0 Å². The molecule has 0 fully saturated rings. The van der Waals surface area contributed by atoms with E-state index in [1.54, 1.807) is 6.08 Å². The highest BCUT2D eigenvalue weighted by Gasteiger charge is 2.24. The van der Waals surface area contributed by atoms with E-state index in [1.807, 2.05) is 13.8 Å². The van der Waals surface area contributed by atoms with Crippen molar-refractivity contribution in [3.8, 4) is 0 Å². The average molecular weight is 190 g/mol. The number of alkyl halides is 2. The van der Waals surface area contributed by atoms with Crippen molar-refractivity contribution in [2.24, 2.45) is 0 Å². The number of rotatable bonds is 3. The average Bonchev–Trinajstić information content (AvgIpc) is 1.85. The quantitative estimate of drug-likeness (QED) is 0.471. The van der Waals surface area contributed by atoms with Gasteiger partial charge in [0, 0.05) is 5.57 Å². The Hall–Kier alpha value is -0.490. The molecule has 0 nitrogen and oxygen atoms in total. The maximum atomic E-state index is 12.6. The first kappa shape index (κ1) is 11.5. The highest BCUT2D eigenvalue weighted by atomic mass is 31.0. The van der Waals surface area contributed by atoms with Gasteiger partial charge in [-0.15, -0.1) is 0 Å². The largest absolute Gasteiger partial charge is 0.283 e. The summed E-state index contributed by atoms with van der Waals surface area (Å²) in [6, 6.07) is 0. The topological polar surface area (TPSA) is 0 Å². The van der Waals surface area contributed by atoms with Crippen molar-refractivity contribution in [1.29, 1.82) is 0 Å². The molecule has 0 aromatic rings. The van der Waals surface area contributed by atoms with Crippen LogP contribution in [-0.4, -0.2) is 5.66 Å². The van der Waals surface area contributed by atoms with Gasteiger partial charge in [-0.2, -0.15) is 8.78 Å². The molecule has 0 aromatic carbocycles. The van der Waals surface area contributed by atoms with Crippen molar-refractivity contribution in [2.75, 3.05) is 0 Å². The highest BCUT2D eigenvalue weighted by Crippen LogP contribution is 2.31. The molecule has 68 valence electrons. The maximum Gasteiger partial charge on any atom is 0.283 e. The highest BCUT2D eigenvalue weighted by molar-refractivity contribution is 7.18. The fourth-order valence-electron chi connectivity index (χ4n) is 0.572. The van der Waals surface area contributed by atoms with Crippen molar-refractivity contribution < 1.29 is 8.78 Å². The molecule has 0 amide bonds. The second kappa shape index (κ2) is 4.51. The third-order valence-electron chi connectivity index (χ3n) is 1.20. The zero-order chi connectivity index (χ0) is 9.78. The fraction of sp³-hybridized carbons (Fsp3) is 0.333. The van der Waals surface area contributed by atoms with Gasteiger partial charge in [0.05, 0.1) is 0 Å². The molecule has 0 aromatic heterocycles. The smallest absolute Gasteiger partial charge is 0.197 e. The third kappa shape index (κ3) is 4.40. The van der Waals surface area contributed by atoms with Crippen molar-refractivity contribution >= 4 is 9.24 Å². The van der Waals surface area contributed by atoms with Crippen LogP contribution in [0.4, 0.5) is 8.78 Å². The SMILES string of the molecule is C=C/C(=C\C=C(C)C)C(F)(F)P. The van der Waals surface area contributed by atoms with Gasteiger partial charge in [-0.1, -0.05) is 39.6 Å². The first-order valence-corrected chi connectivity index (χ1v) is 4.10. The van der Waals surface area contributed by atoms with Gasteiger partial charge in [0.25, 0.3) is 5.66 Å². The minimum atomic E-state index is -2.88. The minimum Gasteiger partial charge on any atom is -0.197 e. The molecule has 0 saturated carbocycles. The maximum absolute atomic E-state index is 12.6. The molecule has 1 atom stereocenters. The molecule has 0 N–H and O–H groups in total. The lowest BCUT2D eigenvalue weighted by Crippen LogP contribution is -2.06. The summed E-state index contributed by atoms with van der Waals surface area (Å²) in [6.45, 7) is 7.01. The van der Waals surface area contributed by atoms with Crippen LogP contribution in [0.5, 0.6) is 0 Å². The number of allylic oxidation sites excluding steroid dienone is 5. The molecule has 0 bridgehead atoms. The third-order valence-corrected chi connectivity index (χ3v) is 1.53. The fourth-order valence-corrected chi connectivity index (χ4v) is 0.786. The molecule has 0 aliphatic rings. The number of hydrogen-bond acceptors (Lipinski definition) is 0. The standard InChI is InChI=1S/C9H13F2P/c1-4-8(9(10,11)12)6-5-7(2)3/h4-6H,1,12H2,2-3H3/b8-6+. The molecule has 3 heteroatoms. The second-order valence-corrected chi connectivity index (χ2v) is 3.42. The zero-order valence-corrected chi connectivity index (χ0v) is 8.43. The summed E-state index contributed by atoms with van der Waals surface area (Å²) in [7, 11) is 1.48. The van der Waals surface area contributed by atoms with E-state index in [9.17, 15) is 8.78 Å². The van der Waals surface area contributed by atoms with E-state index in [2.05, 4.69) is 6.58 Å². The molecule has 0 aliphatic carbocycles. The Morgan fingerprint density at radius 1 is 1.33 bits per heavy atom. The van der Waals surface area contributed by atoms with E-state index in [4.69, 9.17) is 0 Å². The molecule has 0 spiro atoms. The Balaban J connectivity index is 4.68. The predicted octanol–water partition coefficient (Wildman–Crippen LogP) is 3.53. The molecule has 1 unspecified atom stereocenters. The first-order chi connectivity index (χ1) is 5.38. The molecular formula is C9H13F2P. The zero-order valence-electron chi connectivity index (χ0n) is 7.27. The van der Waals surface area contributed by atoms with E-state index in [0.29, 0.717) is 0 Å². The molecule has 0 radical (unpaired) electrons. The van der Waals surface area contributed by atoms with Crippen LogP contribution in [0.25, 0.3) is 0 Å². The summed E-state index contributed by atoms with van der Waals surface area (Å²) in [5.74, 6) is 0. The van der Waals surface area contributed by atoms with Crippen LogP contribution in [0.1, 0.15) is 13.8 Å². The summed E-state index contributed by atoms with van der Waals surface area (Å²) >= 11 is 0. The van der Waals surface area contributed by atoms with Gasteiger partial charge in [-0.05, 0) is 13.8 Å². The summed E-state index contributed by atoms with van der Waals surface area (Å²) in [5, 5.41) is 0. The van der Waals surface area contributed by atoms with Crippen molar-refractivity contribution in [3.63, 3.8) is 0 Å². The second-order valence-electron chi connectivity index (χ2n) is 2.69. The van der Waals surface area contributed by atoms with Crippen molar-refractivity contribution in [2.45, 2.75) is 19.5 Å². The van der Waals surface area contributed by atoms with Crippen LogP contribution in [0.2, 0.25) is 0 Å². The minimum absolute atomic E-state index is 0.0892. The Morgan fingerprint density at radius 3 is 2.08 bits per heavy atom. The van der Waals surface area contributed by atoms with E-state index in [0.717, 1.165) is 11.6 Å². The lowest BCUT2D eigenvalue weighted by Gasteiger charge is -2.09. The van der Waals surface area contributed by atoms with E-state index in [-0.39, 0.29) is 5.57 Å². The van der Waals surface area contributed by atoms with Gasteiger partial charge in [-0.25, -0.2) is 0 Å². The molecule has 12 heavy (non-hydrogen) atoms. The summed E-state index contributed by atoms with van der Waals surface area (Å²) in [4.78, 5) is 0. The Morgan fingerprint density at radius 2 is 1.83 bits per heavy atom. The van der Waals surface area contributed by atoms with Gasteiger partial charge in [0.2, 0.25) is 0 Å². The summed E-state index contributed by atoms with van der Waals surface area (Å²) in [5.41, 5.74) is -1.99. The molecular weight excluding hydrogens is 177 g/mol. The molecule has 0 saturated heterocycles. The molecule has 0 rings (SSSR count). The Bertz CT molecular complexity index is 217. The lowest BCUT2D eigenvalue weighted by atomic mass is 10.2. The van der Waals surface area contributed by atoms with Crippen LogP contribution in [-0.2, 0) is 0 Å². The predicted molar refractivity (Wildman–Crippen MR) is 52.4 cm³/mol. The lowest BCUT2D eigenvalue weighted by molar-refractivity contribution is 0.151. The van der Waals surface area contributed by atoms with Crippen LogP contribution in [0.3, 0.4) is 0 Å².